The van der Waals surface area contributed by atoms with Crippen LogP contribution < -0.4 is 9.47 Å². The van der Waals surface area contributed by atoms with Crippen molar-refractivity contribution in [2.24, 2.45) is 0 Å². The quantitative estimate of drug-likeness (QED) is 0.573. The average molecular weight is 256 g/mol. The van der Waals surface area contributed by atoms with Crippen LogP contribution in [0.4, 0.5) is 0 Å². The lowest BCUT2D eigenvalue weighted by atomic mass is 10.3. The van der Waals surface area contributed by atoms with Gasteiger partial charge in [-0.1, -0.05) is 6.42 Å². The van der Waals surface area contributed by atoms with Crippen molar-refractivity contribution in [2.75, 3.05) is 26.6 Å². The summed E-state index contributed by atoms with van der Waals surface area (Å²) in [6.07, 6.45) is 3.10. The summed E-state index contributed by atoms with van der Waals surface area (Å²) in [6, 6.07) is 5.96. The lowest BCUT2D eigenvalue weighted by Crippen LogP contribution is -1.90. The highest BCUT2D eigenvalue weighted by Gasteiger charge is 2.04. The molecule has 0 aliphatic carbocycles. The maximum atomic E-state index is 8.67. The molecule has 0 aliphatic rings. The molecule has 0 aromatic heterocycles. The lowest BCUT2D eigenvalue weighted by molar-refractivity contribution is 0.284. The van der Waals surface area contributed by atoms with E-state index >= 15 is 0 Å². The minimum atomic E-state index is 0.293. The molecule has 1 N–H and O–H groups in total. The highest BCUT2D eigenvalue weighted by molar-refractivity contribution is 7.99. The number of benzene rings is 1. The fourth-order valence-corrected chi connectivity index (χ4v) is 2.43. The molecule has 0 amide bonds. The summed E-state index contributed by atoms with van der Waals surface area (Å²) in [5, 5.41) is 8.67. The van der Waals surface area contributed by atoms with Crippen LogP contribution in [0.3, 0.4) is 0 Å². The van der Waals surface area contributed by atoms with Gasteiger partial charge < -0.3 is 14.6 Å². The van der Waals surface area contributed by atoms with Crippen molar-refractivity contribution in [1.29, 1.82) is 0 Å². The second kappa shape index (κ2) is 8.25. The molecule has 0 fully saturated rings. The smallest absolute Gasteiger partial charge is 0.161 e. The van der Waals surface area contributed by atoms with Crippen molar-refractivity contribution >= 4 is 11.8 Å². The van der Waals surface area contributed by atoms with Gasteiger partial charge in [-0.3, -0.25) is 0 Å². The molecule has 0 atom stereocenters. The van der Waals surface area contributed by atoms with Gasteiger partial charge in [0.25, 0.3) is 0 Å². The molecule has 1 aromatic carbocycles. The summed E-state index contributed by atoms with van der Waals surface area (Å²) < 4.78 is 10.4. The van der Waals surface area contributed by atoms with Gasteiger partial charge in [0.2, 0.25) is 0 Å². The first kappa shape index (κ1) is 14.2. The monoisotopic (exact) mass is 256 g/mol. The number of thioether (sulfide) groups is 1. The van der Waals surface area contributed by atoms with E-state index in [4.69, 9.17) is 14.6 Å². The van der Waals surface area contributed by atoms with Crippen LogP contribution >= 0.6 is 11.8 Å². The van der Waals surface area contributed by atoms with Crippen molar-refractivity contribution in [3.63, 3.8) is 0 Å². The molecule has 17 heavy (non-hydrogen) atoms. The molecule has 96 valence electrons. The van der Waals surface area contributed by atoms with Crippen molar-refractivity contribution < 1.29 is 14.6 Å². The van der Waals surface area contributed by atoms with Crippen molar-refractivity contribution in [1.82, 2.24) is 0 Å². The fraction of sp³-hybridized carbons (Fsp3) is 0.538. The van der Waals surface area contributed by atoms with Crippen molar-refractivity contribution in [3.05, 3.63) is 18.2 Å². The van der Waals surface area contributed by atoms with Gasteiger partial charge in [0, 0.05) is 11.5 Å². The number of ether oxygens (including phenoxy) is 2. The van der Waals surface area contributed by atoms with Crippen molar-refractivity contribution in [2.45, 2.75) is 24.2 Å². The SMILES string of the molecule is COc1ccc(SCCCCCO)cc1OC. The Balaban J connectivity index is 2.43. The molecule has 4 heteroatoms. The molecular weight excluding hydrogens is 236 g/mol. The predicted octanol–water partition coefficient (Wildman–Crippen LogP) is 2.96. The Bertz CT molecular complexity index is 328. The predicted molar refractivity (Wildman–Crippen MR) is 71.2 cm³/mol. The molecule has 1 aromatic rings. The summed E-state index contributed by atoms with van der Waals surface area (Å²) >= 11 is 1.80. The van der Waals surface area contributed by atoms with Crippen LogP contribution in [0.2, 0.25) is 0 Å². The van der Waals surface area contributed by atoms with Crippen molar-refractivity contribution in [3.8, 4) is 11.5 Å². The zero-order chi connectivity index (χ0) is 12.5. The number of rotatable bonds is 8. The van der Waals surface area contributed by atoms with Gasteiger partial charge >= 0.3 is 0 Å². The first-order valence-corrected chi connectivity index (χ1v) is 6.76. The van der Waals surface area contributed by atoms with Crippen LogP contribution in [0.15, 0.2) is 23.1 Å². The molecule has 0 saturated carbocycles. The summed E-state index contributed by atoms with van der Waals surface area (Å²) in [4.78, 5) is 1.19. The number of methoxy groups -OCH3 is 2. The highest BCUT2D eigenvalue weighted by Crippen LogP contribution is 2.32. The molecule has 0 heterocycles. The van der Waals surface area contributed by atoms with E-state index in [2.05, 4.69) is 0 Å². The van der Waals surface area contributed by atoms with Gasteiger partial charge in [0.1, 0.15) is 0 Å². The molecule has 0 radical (unpaired) electrons. The summed E-state index contributed by atoms with van der Waals surface area (Å²) in [5.74, 6) is 2.60. The van der Waals surface area contributed by atoms with E-state index in [0.717, 1.165) is 36.5 Å². The number of hydrogen-bond acceptors (Lipinski definition) is 4. The van der Waals surface area contributed by atoms with Crippen LogP contribution in [-0.4, -0.2) is 31.7 Å². The third-order valence-electron chi connectivity index (χ3n) is 2.43. The van der Waals surface area contributed by atoms with Crippen LogP contribution in [0.5, 0.6) is 11.5 Å². The minimum Gasteiger partial charge on any atom is -0.493 e. The lowest BCUT2D eigenvalue weighted by Gasteiger charge is -2.09. The molecule has 0 saturated heterocycles. The third kappa shape index (κ3) is 4.88. The van der Waals surface area contributed by atoms with Gasteiger partial charge in [0.15, 0.2) is 11.5 Å². The first-order valence-electron chi connectivity index (χ1n) is 5.77. The maximum absolute atomic E-state index is 8.67. The number of unbranched alkanes of at least 4 members (excludes halogenated alkanes) is 2. The molecule has 0 aliphatic heterocycles. The van der Waals surface area contributed by atoms with E-state index in [9.17, 15) is 0 Å². The standard InChI is InChI=1S/C13H20O3S/c1-15-12-7-6-11(10-13(12)16-2)17-9-5-3-4-8-14/h6-7,10,14H,3-5,8-9H2,1-2H3. The second-order valence-corrected chi connectivity index (χ2v) is 4.82. The number of hydrogen-bond donors (Lipinski definition) is 1. The highest BCUT2D eigenvalue weighted by atomic mass is 32.2. The van der Waals surface area contributed by atoms with E-state index in [0.29, 0.717) is 6.61 Å². The largest absolute Gasteiger partial charge is 0.493 e. The van der Waals surface area contributed by atoms with Gasteiger partial charge in [-0.05, 0) is 36.8 Å². The Labute approximate surface area is 107 Å². The van der Waals surface area contributed by atoms with Crippen LogP contribution in [0.1, 0.15) is 19.3 Å². The fourth-order valence-electron chi connectivity index (χ4n) is 1.49. The maximum Gasteiger partial charge on any atom is 0.161 e. The van der Waals surface area contributed by atoms with Crippen LogP contribution in [-0.2, 0) is 0 Å². The Morgan fingerprint density at radius 3 is 2.47 bits per heavy atom. The van der Waals surface area contributed by atoms with E-state index in [1.807, 2.05) is 18.2 Å². The van der Waals surface area contributed by atoms with E-state index in [1.54, 1.807) is 26.0 Å². The number of aliphatic hydroxyl groups is 1. The van der Waals surface area contributed by atoms with Crippen LogP contribution in [0, 0.1) is 0 Å². The van der Waals surface area contributed by atoms with Gasteiger partial charge in [-0.2, -0.15) is 0 Å². The normalized spacial score (nSPS) is 10.3. The Morgan fingerprint density at radius 2 is 1.82 bits per heavy atom. The minimum absolute atomic E-state index is 0.293. The van der Waals surface area contributed by atoms with E-state index in [-0.39, 0.29) is 0 Å². The van der Waals surface area contributed by atoms with E-state index in [1.165, 1.54) is 4.90 Å². The van der Waals surface area contributed by atoms with Gasteiger partial charge in [0.05, 0.1) is 14.2 Å². The zero-order valence-corrected chi connectivity index (χ0v) is 11.3. The Hall–Kier alpha value is -0.870. The number of aliphatic hydroxyl groups excluding tert-OH is 1. The first-order chi connectivity index (χ1) is 8.31. The second-order valence-electron chi connectivity index (χ2n) is 3.65. The topological polar surface area (TPSA) is 38.7 Å². The summed E-state index contributed by atoms with van der Waals surface area (Å²) in [5.41, 5.74) is 0. The van der Waals surface area contributed by atoms with Gasteiger partial charge in [-0.15, -0.1) is 11.8 Å². The zero-order valence-electron chi connectivity index (χ0n) is 10.4. The average Bonchev–Trinajstić information content (AvgIpc) is 2.38. The van der Waals surface area contributed by atoms with E-state index < -0.39 is 0 Å². The molecule has 3 nitrogen and oxygen atoms in total. The van der Waals surface area contributed by atoms with Gasteiger partial charge in [-0.25, -0.2) is 0 Å². The Kier molecular flexibility index (Phi) is 6.89. The molecular formula is C13H20O3S. The summed E-state index contributed by atoms with van der Waals surface area (Å²) in [7, 11) is 3.28. The third-order valence-corrected chi connectivity index (χ3v) is 3.51. The Morgan fingerprint density at radius 1 is 1.06 bits per heavy atom. The summed E-state index contributed by atoms with van der Waals surface area (Å²) in [6.45, 7) is 0.293. The molecule has 0 unspecified atom stereocenters. The molecule has 1 rings (SSSR count). The molecule has 0 spiro atoms. The molecule has 0 bridgehead atoms. The van der Waals surface area contributed by atoms with Crippen LogP contribution in [0.25, 0.3) is 0 Å².